The van der Waals surface area contributed by atoms with Gasteiger partial charge in [-0.3, -0.25) is 0 Å². The molecule has 2 aromatic rings. The van der Waals surface area contributed by atoms with Crippen LogP contribution in [0.4, 0.5) is 0 Å². The van der Waals surface area contributed by atoms with Gasteiger partial charge in [0.25, 0.3) is 0 Å². The highest BCUT2D eigenvalue weighted by Gasteiger charge is 2.10. The van der Waals surface area contributed by atoms with Crippen LogP contribution in [0.5, 0.6) is 0 Å². The minimum atomic E-state index is 0.120. The Morgan fingerprint density at radius 3 is 2.50 bits per heavy atom. The molecule has 1 unspecified atom stereocenters. The van der Waals surface area contributed by atoms with Crippen LogP contribution in [0.3, 0.4) is 0 Å². The van der Waals surface area contributed by atoms with Crippen LogP contribution in [0.15, 0.2) is 30.6 Å². The van der Waals surface area contributed by atoms with Gasteiger partial charge in [0.1, 0.15) is 5.82 Å². The van der Waals surface area contributed by atoms with Crippen molar-refractivity contribution in [3.05, 3.63) is 53.1 Å². The normalized spacial score (nSPS) is 12.6. The van der Waals surface area contributed by atoms with E-state index in [1.807, 2.05) is 12.4 Å². The number of benzene rings is 1. The summed E-state index contributed by atoms with van der Waals surface area (Å²) < 4.78 is 2.21. The lowest BCUT2D eigenvalue weighted by Crippen LogP contribution is -2.27. The van der Waals surface area contributed by atoms with Gasteiger partial charge in [-0.15, -0.1) is 0 Å². The van der Waals surface area contributed by atoms with Crippen molar-refractivity contribution in [2.75, 3.05) is 0 Å². The summed E-state index contributed by atoms with van der Waals surface area (Å²) in [5.41, 5.74) is 10.2. The van der Waals surface area contributed by atoms with Crippen LogP contribution in [0.25, 0.3) is 0 Å². The van der Waals surface area contributed by atoms with Gasteiger partial charge in [0.15, 0.2) is 0 Å². The molecule has 3 heteroatoms. The third-order valence-electron chi connectivity index (χ3n) is 3.49. The largest absolute Gasteiger partial charge is 0.335 e. The Morgan fingerprint density at radius 2 is 1.85 bits per heavy atom. The number of aromatic nitrogens is 2. The second-order valence-electron chi connectivity index (χ2n) is 5.70. The average molecular weight is 271 g/mol. The van der Waals surface area contributed by atoms with Crippen molar-refractivity contribution in [1.29, 1.82) is 0 Å². The zero-order valence-electron chi connectivity index (χ0n) is 12.8. The molecule has 3 nitrogen and oxygen atoms in total. The van der Waals surface area contributed by atoms with E-state index < -0.39 is 0 Å². The molecule has 0 fully saturated rings. The number of hydrogen-bond acceptors (Lipinski definition) is 2. The van der Waals surface area contributed by atoms with E-state index in [4.69, 9.17) is 5.73 Å². The highest BCUT2D eigenvalue weighted by molar-refractivity contribution is 5.29. The third-order valence-corrected chi connectivity index (χ3v) is 3.49. The Labute approximate surface area is 121 Å². The van der Waals surface area contributed by atoms with Crippen LogP contribution in [0.1, 0.15) is 35.9 Å². The Morgan fingerprint density at radius 1 is 1.15 bits per heavy atom. The molecule has 2 rings (SSSR count). The fourth-order valence-corrected chi connectivity index (χ4v) is 2.77. The van der Waals surface area contributed by atoms with Crippen molar-refractivity contribution in [2.45, 2.75) is 52.6 Å². The highest BCUT2D eigenvalue weighted by Crippen LogP contribution is 2.12. The van der Waals surface area contributed by atoms with E-state index in [2.05, 4.69) is 48.5 Å². The molecule has 20 heavy (non-hydrogen) atoms. The van der Waals surface area contributed by atoms with Crippen molar-refractivity contribution in [3.63, 3.8) is 0 Å². The summed E-state index contributed by atoms with van der Waals surface area (Å²) in [5.74, 6) is 1.10. The molecule has 0 aliphatic carbocycles. The van der Waals surface area contributed by atoms with E-state index in [1.54, 1.807) is 0 Å². The topological polar surface area (TPSA) is 43.8 Å². The first-order chi connectivity index (χ1) is 9.58. The van der Waals surface area contributed by atoms with Gasteiger partial charge in [0.05, 0.1) is 0 Å². The van der Waals surface area contributed by atoms with E-state index in [0.717, 1.165) is 31.6 Å². The fourth-order valence-electron chi connectivity index (χ4n) is 2.77. The van der Waals surface area contributed by atoms with Gasteiger partial charge < -0.3 is 10.3 Å². The minimum absolute atomic E-state index is 0.120. The first kappa shape index (κ1) is 14.8. The summed E-state index contributed by atoms with van der Waals surface area (Å²) in [5, 5.41) is 0. The van der Waals surface area contributed by atoms with E-state index >= 15 is 0 Å². The zero-order valence-corrected chi connectivity index (χ0v) is 12.8. The molecule has 0 saturated carbocycles. The number of nitrogens with zero attached hydrogens (tertiary/aromatic N) is 2. The summed E-state index contributed by atoms with van der Waals surface area (Å²) in [6.07, 6.45) is 6.77. The standard InChI is InChI=1S/C17H25N3/c1-4-6-20-7-5-19-17(20)12-16(18)11-15-9-13(2)8-14(3)10-15/h5,7-10,16H,4,6,11-12,18H2,1-3H3. The Kier molecular flexibility index (Phi) is 4.96. The van der Waals surface area contributed by atoms with Crippen molar-refractivity contribution in [1.82, 2.24) is 9.55 Å². The van der Waals surface area contributed by atoms with Gasteiger partial charge in [-0.1, -0.05) is 36.2 Å². The van der Waals surface area contributed by atoms with E-state index in [0.29, 0.717) is 0 Å². The van der Waals surface area contributed by atoms with Crippen LogP contribution < -0.4 is 5.73 Å². The number of nitrogens with two attached hydrogens (primary N) is 1. The lowest BCUT2D eigenvalue weighted by atomic mass is 10.00. The molecule has 1 heterocycles. The molecule has 0 aliphatic rings. The number of aryl methyl sites for hydroxylation is 3. The first-order valence-electron chi connectivity index (χ1n) is 7.41. The molecule has 1 aromatic heterocycles. The zero-order chi connectivity index (χ0) is 14.5. The van der Waals surface area contributed by atoms with E-state index in [-0.39, 0.29) is 6.04 Å². The maximum absolute atomic E-state index is 6.31. The summed E-state index contributed by atoms with van der Waals surface area (Å²) in [4.78, 5) is 4.43. The van der Waals surface area contributed by atoms with Crippen LogP contribution in [0.2, 0.25) is 0 Å². The van der Waals surface area contributed by atoms with Crippen LogP contribution >= 0.6 is 0 Å². The lowest BCUT2D eigenvalue weighted by Gasteiger charge is -2.14. The molecule has 1 aromatic carbocycles. The van der Waals surface area contributed by atoms with Crippen molar-refractivity contribution in [2.24, 2.45) is 5.73 Å². The number of imidazole rings is 1. The van der Waals surface area contributed by atoms with Crippen molar-refractivity contribution >= 4 is 0 Å². The summed E-state index contributed by atoms with van der Waals surface area (Å²) in [7, 11) is 0. The van der Waals surface area contributed by atoms with Crippen LogP contribution in [-0.2, 0) is 19.4 Å². The molecule has 1 atom stereocenters. The van der Waals surface area contributed by atoms with Gasteiger partial charge in [-0.05, 0) is 32.3 Å². The molecule has 108 valence electrons. The molecule has 0 spiro atoms. The van der Waals surface area contributed by atoms with Gasteiger partial charge >= 0.3 is 0 Å². The first-order valence-corrected chi connectivity index (χ1v) is 7.41. The summed E-state index contributed by atoms with van der Waals surface area (Å²) in [6.45, 7) is 7.47. The molecule has 0 bridgehead atoms. The molecule has 0 saturated heterocycles. The second-order valence-corrected chi connectivity index (χ2v) is 5.70. The van der Waals surface area contributed by atoms with Gasteiger partial charge in [-0.25, -0.2) is 4.98 Å². The Balaban J connectivity index is 2.01. The maximum atomic E-state index is 6.31. The molecule has 2 N–H and O–H groups in total. The predicted octanol–water partition coefficient (Wildman–Crippen LogP) is 3.02. The monoisotopic (exact) mass is 271 g/mol. The smallest absolute Gasteiger partial charge is 0.110 e. The Hall–Kier alpha value is -1.61. The molecule has 0 amide bonds. The Bertz CT molecular complexity index is 537. The average Bonchev–Trinajstić information content (AvgIpc) is 2.75. The van der Waals surface area contributed by atoms with Crippen molar-refractivity contribution in [3.8, 4) is 0 Å². The quantitative estimate of drug-likeness (QED) is 0.877. The maximum Gasteiger partial charge on any atom is 0.110 e. The number of rotatable bonds is 6. The molecular formula is C17H25N3. The van der Waals surface area contributed by atoms with Crippen molar-refractivity contribution < 1.29 is 0 Å². The summed E-state index contributed by atoms with van der Waals surface area (Å²) in [6, 6.07) is 6.77. The molecule has 0 aliphatic heterocycles. The fraction of sp³-hybridized carbons (Fsp3) is 0.471. The number of hydrogen-bond donors (Lipinski definition) is 1. The van der Waals surface area contributed by atoms with Gasteiger partial charge in [0.2, 0.25) is 0 Å². The lowest BCUT2D eigenvalue weighted by molar-refractivity contribution is 0.582. The molecular weight excluding hydrogens is 246 g/mol. The van der Waals surface area contributed by atoms with E-state index in [9.17, 15) is 0 Å². The second kappa shape index (κ2) is 6.71. The van der Waals surface area contributed by atoms with E-state index in [1.165, 1.54) is 16.7 Å². The van der Waals surface area contributed by atoms with Gasteiger partial charge in [0, 0.05) is 31.4 Å². The third kappa shape index (κ3) is 3.94. The van der Waals surface area contributed by atoms with Crippen LogP contribution in [-0.4, -0.2) is 15.6 Å². The molecule has 0 radical (unpaired) electrons. The predicted molar refractivity (Wildman–Crippen MR) is 83.8 cm³/mol. The van der Waals surface area contributed by atoms with Crippen LogP contribution in [0, 0.1) is 13.8 Å². The minimum Gasteiger partial charge on any atom is -0.335 e. The SMILES string of the molecule is CCCn1ccnc1CC(N)Cc1cc(C)cc(C)c1. The van der Waals surface area contributed by atoms with Gasteiger partial charge in [-0.2, -0.15) is 0 Å². The highest BCUT2D eigenvalue weighted by atomic mass is 15.1. The summed E-state index contributed by atoms with van der Waals surface area (Å²) >= 11 is 0.